The van der Waals surface area contributed by atoms with Gasteiger partial charge >= 0.3 is 0 Å². The predicted octanol–water partition coefficient (Wildman–Crippen LogP) is 3.48. The Morgan fingerprint density at radius 3 is 2.90 bits per heavy atom. The number of pyridine rings is 1. The Kier molecular flexibility index (Phi) is 6.46. The Morgan fingerprint density at radius 1 is 1.38 bits per heavy atom. The highest BCUT2D eigenvalue weighted by Gasteiger charge is 2.17. The number of hydrogen-bond acceptors (Lipinski definition) is 4. The van der Waals surface area contributed by atoms with Gasteiger partial charge in [0.15, 0.2) is 0 Å². The normalized spacial score (nSPS) is 20.5. The molecule has 2 unspecified atom stereocenters. The van der Waals surface area contributed by atoms with E-state index in [2.05, 4.69) is 16.4 Å². The monoisotopic (exact) mass is 292 g/mol. The van der Waals surface area contributed by atoms with Crippen molar-refractivity contribution in [1.29, 1.82) is 0 Å². The van der Waals surface area contributed by atoms with E-state index in [0.717, 1.165) is 25.2 Å². The maximum absolute atomic E-state index is 5.82. The maximum Gasteiger partial charge on any atom is 0.138 e. The molecule has 1 fully saturated rings. The van der Waals surface area contributed by atoms with Gasteiger partial charge in [0.2, 0.25) is 0 Å². The number of hydrogen-bond donors (Lipinski definition) is 1. The zero-order valence-electron chi connectivity index (χ0n) is 13.5. The molecule has 1 aliphatic rings. The third-order valence-corrected chi connectivity index (χ3v) is 3.91. The van der Waals surface area contributed by atoms with Gasteiger partial charge < -0.3 is 14.8 Å². The first kappa shape index (κ1) is 16.2. The quantitative estimate of drug-likeness (QED) is 0.835. The molecule has 0 bridgehead atoms. The summed E-state index contributed by atoms with van der Waals surface area (Å²) in [6.07, 6.45) is 10.2. The van der Waals surface area contributed by atoms with Crippen molar-refractivity contribution in [1.82, 2.24) is 10.3 Å². The van der Waals surface area contributed by atoms with Gasteiger partial charge in [-0.1, -0.05) is 0 Å². The van der Waals surface area contributed by atoms with Crippen LogP contribution < -0.4 is 10.1 Å². The second kappa shape index (κ2) is 8.35. The molecule has 4 nitrogen and oxygen atoms in total. The third-order valence-electron chi connectivity index (χ3n) is 3.91. The van der Waals surface area contributed by atoms with E-state index >= 15 is 0 Å². The van der Waals surface area contributed by atoms with Crippen LogP contribution in [0, 0.1) is 0 Å². The van der Waals surface area contributed by atoms with Gasteiger partial charge in [0.1, 0.15) is 5.75 Å². The Balaban J connectivity index is 1.92. The summed E-state index contributed by atoms with van der Waals surface area (Å²) >= 11 is 0. The number of nitrogens with zero attached hydrogens (tertiary/aromatic N) is 1. The van der Waals surface area contributed by atoms with Gasteiger partial charge in [-0.3, -0.25) is 4.98 Å². The van der Waals surface area contributed by atoms with Crippen LogP contribution in [0.2, 0.25) is 0 Å². The predicted molar refractivity (Wildman–Crippen MR) is 84.6 cm³/mol. The minimum Gasteiger partial charge on any atom is -0.489 e. The Hall–Kier alpha value is -1.13. The second-order valence-electron chi connectivity index (χ2n) is 6.03. The van der Waals surface area contributed by atoms with Crippen molar-refractivity contribution in [2.24, 2.45) is 0 Å². The lowest BCUT2D eigenvalue weighted by atomic mass is 9.98. The summed E-state index contributed by atoms with van der Waals surface area (Å²) in [6.45, 7) is 4.99. The molecule has 0 amide bonds. The van der Waals surface area contributed by atoms with Crippen LogP contribution in [0.25, 0.3) is 0 Å². The molecular formula is C17H28N2O2. The van der Waals surface area contributed by atoms with Gasteiger partial charge in [0.05, 0.1) is 18.4 Å². The van der Waals surface area contributed by atoms with Crippen molar-refractivity contribution in [2.45, 2.75) is 64.2 Å². The molecule has 0 saturated carbocycles. The van der Waals surface area contributed by atoms with Gasteiger partial charge in [0, 0.05) is 18.8 Å². The number of nitrogens with one attached hydrogen (secondary N) is 1. The minimum atomic E-state index is 0.172. The highest BCUT2D eigenvalue weighted by atomic mass is 16.5. The minimum absolute atomic E-state index is 0.172. The molecule has 21 heavy (non-hydrogen) atoms. The summed E-state index contributed by atoms with van der Waals surface area (Å²) in [7, 11) is 2.00. The van der Waals surface area contributed by atoms with Crippen LogP contribution in [0.4, 0.5) is 0 Å². The van der Waals surface area contributed by atoms with E-state index in [0.29, 0.717) is 12.1 Å². The van der Waals surface area contributed by atoms with Crippen molar-refractivity contribution in [3.63, 3.8) is 0 Å². The average molecular weight is 292 g/mol. The lowest BCUT2D eigenvalue weighted by Crippen LogP contribution is -2.23. The highest BCUT2D eigenvalue weighted by molar-refractivity contribution is 5.26. The fourth-order valence-electron chi connectivity index (χ4n) is 2.83. The molecule has 0 aromatic carbocycles. The molecule has 0 spiro atoms. The van der Waals surface area contributed by atoms with Crippen LogP contribution in [0.1, 0.15) is 57.6 Å². The van der Waals surface area contributed by atoms with E-state index < -0.39 is 0 Å². The number of ether oxygens (including phenoxy) is 2. The Morgan fingerprint density at radius 2 is 2.24 bits per heavy atom. The van der Waals surface area contributed by atoms with Crippen LogP contribution in [-0.4, -0.2) is 30.8 Å². The first-order valence-corrected chi connectivity index (χ1v) is 8.09. The zero-order chi connectivity index (χ0) is 15.1. The Labute approximate surface area is 128 Å². The van der Waals surface area contributed by atoms with Crippen LogP contribution in [0.5, 0.6) is 5.75 Å². The fraction of sp³-hybridized carbons (Fsp3) is 0.706. The van der Waals surface area contributed by atoms with Crippen LogP contribution in [0.3, 0.4) is 0 Å². The molecule has 2 heterocycles. The lowest BCUT2D eigenvalue weighted by molar-refractivity contribution is 0.00865. The standard InChI is InChI=1S/C17H28N2O2/c1-13(2)21-16-10-14(11-19-12-16)17(18-3)8-7-15-6-4-5-9-20-15/h10-13,15,17-18H,4-9H2,1-3H3. The fourth-order valence-corrected chi connectivity index (χ4v) is 2.83. The first-order valence-electron chi connectivity index (χ1n) is 8.09. The smallest absolute Gasteiger partial charge is 0.138 e. The van der Waals surface area contributed by atoms with Gasteiger partial charge in [-0.2, -0.15) is 0 Å². The largest absolute Gasteiger partial charge is 0.489 e. The van der Waals surface area contributed by atoms with Crippen molar-refractivity contribution in [2.75, 3.05) is 13.7 Å². The second-order valence-corrected chi connectivity index (χ2v) is 6.03. The third kappa shape index (κ3) is 5.29. The van der Waals surface area contributed by atoms with E-state index in [4.69, 9.17) is 9.47 Å². The van der Waals surface area contributed by atoms with E-state index in [1.165, 1.54) is 24.8 Å². The molecule has 1 N–H and O–H groups in total. The molecule has 4 heteroatoms. The van der Waals surface area contributed by atoms with Crippen molar-refractivity contribution >= 4 is 0 Å². The SMILES string of the molecule is CNC(CCC1CCCCO1)c1cncc(OC(C)C)c1. The van der Waals surface area contributed by atoms with Crippen molar-refractivity contribution < 1.29 is 9.47 Å². The van der Waals surface area contributed by atoms with Crippen LogP contribution in [0.15, 0.2) is 18.5 Å². The van der Waals surface area contributed by atoms with Gasteiger partial charge in [0.25, 0.3) is 0 Å². The number of rotatable bonds is 7. The molecule has 0 radical (unpaired) electrons. The summed E-state index contributed by atoms with van der Waals surface area (Å²) in [5.74, 6) is 0.844. The van der Waals surface area contributed by atoms with Gasteiger partial charge in [-0.15, -0.1) is 0 Å². The molecule has 1 saturated heterocycles. The number of aromatic nitrogens is 1. The maximum atomic E-state index is 5.82. The van der Waals surface area contributed by atoms with E-state index in [-0.39, 0.29) is 6.10 Å². The van der Waals surface area contributed by atoms with Crippen LogP contribution >= 0.6 is 0 Å². The summed E-state index contributed by atoms with van der Waals surface area (Å²) in [5, 5.41) is 3.39. The van der Waals surface area contributed by atoms with Crippen molar-refractivity contribution in [3.8, 4) is 5.75 Å². The molecule has 1 aromatic rings. The van der Waals surface area contributed by atoms with E-state index in [9.17, 15) is 0 Å². The first-order chi connectivity index (χ1) is 10.2. The topological polar surface area (TPSA) is 43.4 Å². The molecule has 0 aliphatic carbocycles. The summed E-state index contributed by atoms with van der Waals surface area (Å²) < 4.78 is 11.5. The molecular weight excluding hydrogens is 264 g/mol. The highest BCUT2D eigenvalue weighted by Crippen LogP contribution is 2.25. The van der Waals surface area contributed by atoms with Crippen LogP contribution in [-0.2, 0) is 4.74 Å². The summed E-state index contributed by atoms with van der Waals surface area (Å²) in [5.41, 5.74) is 1.19. The Bertz CT molecular complexity index is 417. The van der Waals surface area contributed by atoms with Gasteiger partial charge in [-0.25, -0.2) is 0 Å². The molecule has 1 aliphatic heterocycles. The molecule has 1 aromatic heterocycles. The van der Waals surface area contributed by atoms with Gasteiger partial charge in [-0.05, 0) is 64.6 Å². The van der Waals surface area contributed by atoms with E-state index in [1.807, 2.05) is 27.1 Å². The zero-order valence-corrected chi connectivity index (χ0v) is 13.5. The van der Waals surface area contributed by atoms with Crippen molar-refractivity contribution in [3.05, 3.63) is 24.0 Å². The van der Waals surface area contributed by atoms with E-state index in [1.54, 1.807) is 6.20 Å². The summed E-state index contributed by atoms with van der Waals surface area (Å²) in [6, 6.07) is 2.40. The molecule has 118 valence electrons. The summed E-state index contributed by atoms with van der Waals surface area (Å²) in [4.78, 5) is 4.31. The average Bonchev–Trinajstić information content (AvgIpc) is 2.49. The molecule has 2 rings (SSSR count). The lowest BCUT2D eigenvalue weighted by Gasteiger charge is -2.25. The molecule has 2 atom stereocenters.